The van der Waals surface area contributed by atoms with Crippen LogP contribution in [-0.4, -0.2) is 54.2 Å². The van der Waals surface area contributed by atoms with Crippen molar-refractivity contribution >= 4 is 16.9 Å². The monoisotopic (exact) mass is 367 g/mol. The zero-order valence-corrected chi connectivity index (χ0v) is 15.4. The molecular formula is C20H25N5O2. The second-order valence-corrected chi connectivity index (χ2v) is 7.10. The highest BCUT2D eigenvalue weighted by Gasteiger charge is 2.27. The van der Waals surface area contributed by atoms with E-state index in [0.29, 0.717) is 12.1 Å². The predicted molar refractivity (Wildman–Crippen MR) is 102 cm³/mol. The van der Waals surface area contributed by atoms with Gasteiger partial charge in [0.2, 0.25) is 0 Å². The van der Waals surface area contributed by atoms with Crippen LogP contribution >= 0.6 is 0 Å². The quantitative estimate of drug-likeness (QED) is 0.725. The van der Waals surface area contributed by atoms with E-state index in [1.165, 1.54) is 6.42 Å². The summed E-state index contributed by atoms with van der Waals surface area (Å²) in [5.74, 6) is 0.0870. The van der Waals surface area contributed by atoms with Crippen molar-refractivity contribution in [3.8, 4) is 0 Å². The van der Waals surface area contributed by atoms with Gasteiger partial charge in [0.15, 0.2) is 0 Å². The maximum absolute atomic E-state index is 13.2. The minimum Gasteiger partial charge on any atom is -0.395 e. The van der Waals surface area contributed by atoms with Crippen LogP contribution in [0.1, 0.15) is 36.0 Å². The summed E-state index contributed by atoms with van der Waals surface area (Å²) >= 11 is 0. The number of carbonyl (C=O) groups excluding carboxylic acids is 1. The third-order valence-electron chi connectivity index (χ3n) is 5.38. The van der Waals surface area contributed by atoms with Crippen LogP contribution in [0.25, 0.3) is 11.0 Å². The number of aliphatic hydroxyl groups excluding tert-OH is 1. The van der Waals surface area contributed by atoms with Crippen molar-refractivity contribution in [2.75, 3.05) is 13.2 Å². The number of piperidine rings is 1. The SMILES string of the molecule is O=C(c1ccc2c(c1)ncn2CCO)N1CCCC[C@@H]1CCn1ccnc1. The summed E-state index contributed by atoms with van der Waals surface area (Å²) in [5.41, 5.74) is 2.42. The minimum atomic E-state index is 0.0680. The lowest BCUT2D eigenvalue weighted by Crippen LogP contribution is -2.44. The van der Waals surface area contributed by atoms with Crippen molar-refractivity contribution in [3.05, 3.63) is 48.8 Å². The Balaban J connectivity index is 1.51. The van der Waals surface area contributed by atoms with Gasteiger partial charge in [-0.2, -0.15) is 0 Å². The molecule has 142 valence electrons. The largest absolute Gasteiger partial charge is 0.395 e. The Morgan fingerprint density at radius 1 is 1.22 bits per heavy atom. The predicted octanol–water partition coefficient (Wildman–Crippen LogP) is 2.31. The minimum absolute atomic E-state index is 0.0680. The van der Waals surface area contributed by atoms with Crippen LogP contribution in [0.5, 0.6) is 0 Å². The van der Waals surface area contributed by atoms with E-state index >= 15 is 0 Å². The third kappa shape index (κ3) is 3.73. The van der Waals surface area contributed by atoms with Gasteiger partial charge in [-0.15, -0.1) is 0 Å². The highest BCUT2D eigenvalue weighted by atomic mass is 16.3. The average Bonchev–Trinajstić information content (AvgIpc) is 3.36. The van der Waals surface area contributed by atoms with Gasteiger partial charge in [-0.3, -0.25) is 4.79 Å². The number of hydrogen-bond acceptors (Lipinski definition) is 4. The van der Waals surface area contributed by atoms with Crippen molar-refractivity contribution in [2.45, 2.75) is 44.8 Å². The molecule has 0 radical (unpaired) electrons. The summed E-state index contributed by atoms with van der Waals surface area (Å²) in [6, 6.07) is 5.93. The fraction of sp³-hybridized carbons (Fsp3) is 0.450. The Hall–Kier alpha value is -2.67. The third-order valence-corrected chi connectivity index (χ3v) is 5.38. The topological polar surface area (TPSA) is 76.2 Å². The molecule has 7 nitrogen and oxygen atoms in total. The number of aromatic nitrogens is 4. The zero-order chi connectivity index (χ0) is 18.6. The molecule has 1 fully saturated rings. The van der Waals surface area contributed by atoms with E-state index in [4.69, 9.17) is 5.11 Å². The molecule has 1 aliphatic rings. The molecule has 0 aliphatic carbocycles. The van der Waals surface area contributed by atoms with Crippen LogP contribution in [0.2, 0.25) is 0 Å². The van der Waals surface area contributed by atoms with E-state index < -0.39 is 0 Å². The summed E-state index contributed by atoms with van der Waals surface area (Å²) in [7, 11) is 0. The highest BCUT2D eigenvalue weighted by molar-refractivity contribution is 5.97. The van der Waals surface area contributed by atoms with Gasteiger partial charge in [0.25, 0.3) is 5.91 Å². The second-order valence-electron chi connectivity index (χ2n) is 7.10. The first-order valence-corrected chi connectivity index (χ1v) is 9.59. The number of likely N-dealkylation sites (tertiary alicyclic amines) is 1. The number of benzene rings is 1. The molecule has 1 atom stereocenters. The van der Waals surface area contributed by atoms with E-state index in [-0.39, 0.29) is 18.6 Å². The first kappa shape index (κ1) is 17.7. The van der Waals surface area contributed by atoms with Gasteiger partial charge >= 0.3 is 0 Å². The molecule has 3 aromatic rings. The summed E-state index contributed by atoms with van der Waals surface area (Å²) in [6.45, 7) is 2.26. The summed E-state index contributed by atoms with van der Waals surface area (Å²) in [5, 5.41) is 9.14. The van der Waals surface area contributed by atoms with E-state index in [1.54, 1.807) is 12.5 Å². The lowest BCUT2D eigenvalue weighted by atomic mass is 9.98. The van der Waals surface area contributed by atoms with Crippen molar-refractivity contribution in [1.29, 1.82) is 0 Å². The Morgan fingerprint density at radius 2 is 2.15 bits per heavy atom. The second kappa shape index (κ2) is 7.92. The lowest BCUT2D eigenvalue weighted by molar-refractivity contribution is 0.0595. The van der Waals surface area contributed by atoms with Gasteiger partial charge in [-0.1, -0.05) is 0 Å². The zero-order valence-electron chi connectivity index (χ0n) is 15.4. The smallest absolute Gasteiger partial charge is 0.254 e. The van der Waals surface area contributed by atoms with Gasteiger partial charge in [-0.25, -0.2) is 9.97 Å². The van der Waals surface area contributed by atoms with E-state index in [9.17, 15) is 4.79 Å². The molecule has 0 bridgehead atoms. The van der Waals surface area contributed by atoms with E-state index in [0.717, 1.165) is 43.4 Å². The van der Waals surface area contributed by atoms with Crippen molar-refractivity contribution < 1.29 is 9.90 Å². The number of hydrogen-bond donors (Lipinski definition) is 1. The molecule has 0 unspecified atom stereocenters. The summed E-state index contributed by atoms with van der Waals surface area (Å²) < 4.78 is 3.97. The van der Waals surface area contributed by atoms with Gasteiger partial charge in [0, 0.05) is 43.6 Å². The molecule has 7 heteroatoms. The van der Waals surface area contributed by atoms with Crippen LogP contribution < -0.4 is 0 Å². The fourth-order valence-electron chi connectivity index (χ4n) is 3.93. The first-order valence-electron chi connectivity index (χ1n) is 9.59. The Bertz CT molecular complexity index is 902. The number of rotatable bonds is 6. The lowest BCUT2D eigenvalue weighted by Gasteiger charge is -2.36. The number of amides is 1. The standard InChI is InChI=1S/C20H25N5O2/c26-12-11-24-15-22-18-13-16(4-5-19(18)24)20(27)25-8-2-1-3-17(25)6-9-23-10-7-21-14-23/h4-5,7,10,13-15,17,26H,1-3,6,8-9,11-12H2/t17-/m1/s1. The summed E-state index contributed by atoms with van der Waals surface area (Å²) in [4.78, 5) is 23.7. The van der Waals surface area contributed by atoms with Gasteiger partial charge in [0.1, 0.15) is 0 Å². The van der Waals surface area contributed by atoms with Crippen molar-refractivity contribution in [3.63, 3.8) is 0 Å². The number of carbonyl (C=O) groups is 1. The van der Waals surface area contributed by atoms with E-state index in [2.05, 4.69) is 14.5 Å². The molecule has 1 saturated heterocycles. The van der Waals surface area contributed by atoms with Gasteiger partial charge in [-0.05, 0) is 43.9 Å². The van der Waals surface area contributed by atoms with Crippen LogP contribution in [0.15, 0.2) is 43.2 Å². The first-order chi connectivity index (χ1) is 13.3. The molecule has 3 heterocycles. The molecule has 1 aromatic carbocycles. The van der Waals surface area contributed by atoms with Crippen LogP contribution in [-0.2, 0) is 13.1 Å². The van der Waals surface area contributed by atoms with Crippen LogP contribution in [0.4, 0.5) is 0 Å². The average molecular weight is 367 g/mol. The molecule has 4 rings (SSSR count). The number of nitrogens with zero attached hydrogens (tertiary/aromatic N) is 5. The molecule has 27 heavy (non-hydrogen) atoms. The maximum Gasteiger partial charge on any atom is 0.254 e. The molecule has 1 amide bonds. The number of aryl methyl sites for hydroxylation is 1. The van der Waals surface area contributed by atoms with Crippen molar-refractivity contribution in [1.82, 2.24) is 24.0 Å². The molecule has 0 spiro atoms. The van der Waals surface area contributed by atoms with Crippen molar-refractivity contribution in [2.24, 2.45) is 0 Å². The van der Waals surface area contributed by atoms with Gasteiger partial charge in [0.05, 0.1) is 30.3 Å². The number of fused-ring (bicyclic) bond motifs is 1. The Morgan fingerprint density at radius 3 is 2.96 bits per heavy atom. The normalized spacial score (nSPS) is 17.5. The molecule has 1 N–H and O–H groups in total. The van der Waals surface area contributed by atoms with Gasteiger partial charge < -0.3 is 19.1 Å². The van der Waals surface area contributed by atoms with Crippen LogP contribution in [0.3, 0.4) is 0 Å². The Labute approximate surface area is 158 Å². The maximum atomic E-state index is 13.2. The summed E-state index contributed by atoms with van der Waals surface area (Å²) in [6.07, 6.45) is 11.5. The Kier molecular flexibility index (Phi) is 5.20. The fourth-order valence-corrected chi connectivity index (χ4v) is 3.93. The molecule has 1 aliphatic heterocycles. The van der Waals surface area contributed by atoms with E-state index in [1.807, 2.05) is 40.2 Å². The number of aliphatic hydroxyl groups is 1. The molecule has 0 saturated carbocycles. The highest BCUT2D eigenvalue weighted by Crippen LogP contribution is 2.24. The van der Waals surface area contributed by atoms with Crippen LogP contribution in [0, 0.1) is 0 Å². The molecular weight excluding hydrogens is 342 g/mol. The molecule has 2 aromatic heterocycles. The number of imidazole rings is 2.